The van der Waals surface area contributed by atoms with Crippen molar-refractivity contribution in [3.63, 3.8) is 0 Å². The Morgan fingerprint density at radius 2 is 1.24 bits per heavy atom. The fraction of sp³-hybridized carbons (Fsp3) is 0.167. The van der Waals surface area contributed by atoms with Gasteiger partial charge in [0.1, 0.15) is 0 Å². The Morgan fingerprint density at radius 1 is 0.800 bits per heavy atom. The zero-order valence-corrected chi connectivity index (χ0v) is 13.8. The van der Waals surface area contributed by atoms with Crippen LogP contribution in [0.2, 0.25) is 0 Å². The van der Waals surface area contributed by atoms with Crippen LogP contribution in [0.15, 0.2) is 48.5 Å². The number of benzene rings is 2. The molecule has 0 aliphatic heterocycles. The monoisotopic (exact) mass is 340 g/mol. The SMILES string of the molecule is CCc1ccc(C(=O)NNC(=O)c2ccc(CNC(N)=O)cc2)cc1. The first-order chi connectivity index (χ1) is 12.0. The van der Waals surface area contributed by atoms with E-state index in [0.29, 0.717) is 11.1 Å². The molecular weight excluding hydrogens is 320 g/mol. The molecule has 5 N–H and O–H groups in total. The summed E-state index contributed by atoms with van der Waals surface area (Å²) in [6.07, 6.45) is 0.892. The van der Waals surface area contributed by atoms with Crippen molar-refractivity contribution in [2.24, 2.45) is 5.73 Å². The number of hydrazine groups is 1. The molecule has 130 valence electrons. The minimum absolute atomic E-state index is 0.279. The molecule has 4 amide bonds. The van der Waals surface area contributed by atoms with Gasteiger partial charge in [-0.1, -0.05) is 31.2 Å². The average Bonchev–Trinajstić information content (AvgIpc) is 2.64. The van der Waals surface area contributed by atoms with E-state index in [1.807, 2.05) is 19.1 Å². The van der Waals surface area contributed by atoms with Gasteiger partial charge < -0.3 is 11.1 Å². The summed E-state index contributed by atoms with van der Waals surface area (Å²) in [6.45, 7) is 2.31. The van der Waals surface area contributed by atoms with Crippen LogP contribution in [0.3, 0.4) is 0 Å². The molecule has 0 saturated carbocycles. The first kappa shape index (κ1) is 18.0. The molecule has 0 unspecified atom stereocenters. The van der Waals surface area contributed by atoms with Crippen LogP contribution < -0.4 is 21.9 Å². The van der Waals surface area contributed by atoms with Gasteiger partial charge >= 0.3 is 6.03 Å². The van der Waals surface area contributed by atoms with Crippen LogP contribution in [0.4, 0.5) is 4.79 Å². The maximum absolute atomic E-state index is 12.0. The van der Waals surface area contributed by atoms with E-state index >= 15 is 0 Å². The molecule has 2 aromatic carbocycles. The minimum Gasteiger partial charge on any atom is -0.352 e. The minimum atomic E-state index is -0.614. The number of amides is 4. The Kier molecular flexibility index (Phi) is 6.11. The lowest BCUT2D eigenvalue weighted by atomic mass is 10.1. The summed E-state index contributed by atoms with van der Waals surface area (Å²) in [5, 5.41) is 2.46. The number of nitrogens with one attached hydrogen (secondary N) is 3. The molecule has 0 aromatic heterocycles. The second-order valence-corrected chi connectivity index (χ2v) is 5.37. The fourth-order valence-electron chi connectivity index (χ4n) is 2.11. The van der Waals surface area contributed by atoms with Crippen molar-refractivity contribution in [3.05, 3.63) is 70.8 Å². The van der Waals surface area contributed by atoms with Gasteiger partial charge in [0.25, 0.3) is 11.8 Å². The summed E-state index contributed by atoms with van der Waals surface area (Å²) in [7, 11) is 0. The quantitative estimate of drug-likeness (QED) is 0.618. The highest BCUT2D eigenvalue weighted by molar-refractivity contribution is 5.99. The van der Waals surface area contributed by atoms with Crippen LogP contribution in [0, 0.1) is 0 Å². The highest BCUT2D eigenvalue weighted by atomic mass is 16.2. The molecule has 0 bridgehead atoms. The van der Waals surface area contributed by atoms with Crippen molar-refractivity contribution >= 4 is 17.8 Å². The number of nitrogens with two attached hydrogens (primary N) is 1. The Balaban J connectivity index is 1.88. The molecule has 7 nitrogen and oxygen atoms in total. The van der Waals surface area contributed by atoms with Crippen molar-refractivity contribution in [3.8, 4) is 0 Å². The lowest BCUT2D eigenvalue weighted by Crippen LogP contribution is -2.41. The molecule has 0 fully saturated rings. The van der Waals surface area contributed by atoms with E-state index in [2.05, 4.69) is 16.2 Å². The molecule has 25 heavy (non-hydrogen) atoms. The number of carbonyl (C=O) groups excluding carboxylic acids is 3. The summed E-state index contributed by atoms with van der Waals surface area (Å²) >= 11 is 0. The smallest absolute Gasteiger partial charge is 0.312 e. The zero-order chi connectivity index (χ0) is 18.2. The summed E-state index contributed by atoms with van der Waals surface area (Å²) in [5.41, 5.74) is 12.5. The summed E-state index contributed by atoms with van der Waals surface area (Å²) in [6, 6.07) is 13.1. The van der Waals surface area contributed by atoms with Gasteiger partial charge in [-0.2, -0.15) is 0 Å². The van der Waals surface area contributed by atoms with Crippen LogP contribution in [0.1, 0.15) is 38.8 Å². The van der Waals surface area contributed by atoms with Crippen LogP contribution in [0.25, 0.3) is 0 Å². The molecule has 0 aliphatic rings. The number of hydrogen-bond acceptors (Lipinski definition) is 3. The molecule has 2 aromatic rings. The number of primary amides is 1. The molecule has 0 saturated heterocycles. The van der Waals surface area contributed by atoms with E-state index in [1.165, 1.54) is 0 Å². The van der Waals surface area contributed by atoms with Crippen molar-refractivity contribution in [1.29, 1.82) is 0 Å². The summed E-state index contributed by atoms with van der Waals surface area (Å²) < 4.78 is 0. The van der Waals surface area contributed by atoms with Crippen LogP contribution in [-0.2, 0) is 13.0 Å². The van der Waals surface area contributed by atoms with Gasteiger partial charge in [0.15, 0.2) is 0 Å². The van der Waals surface area contributed by atoms with Gasteiger partial charge in [-0.3, -0.25) is 20.4 Å². The van der Waals surface area contributed by atoms with Crippen molar-refractivity contribution in [1.82, 2.24) is 16.2 Å². The predicted octanol–water partition coefficient (Wildman–Crippen LogP) is 1.49. The molecule has 0 spiro atoms. The van der Waals surface area contributed by atoms with Crippen LogP contribution >= 0.6 is 0 Å². The lowest BCUT2D eigenvalue weighted by molar-refractivity contribution is 0.0846. The predicted molar refractivity (Wildman–Crippen MR) is 93.6 cm³/mol. The van der Waals surface area contributed by atoms with Crippen molar-refractivity contribution < 1.29 is 14.4 Å². The normalized spacial score (nSPS) is 9.96. The third-order valence-electron chi connectivity index (χ3n) is 3.60. The first-order valence-corrected chi connectivity index (χ1v) is 7.81. The first-order valence-electron chi connectivity index (χ1n) is 7.81. The molecular formula is C18H20N4O3. The van der Waals surface area contributed by atoms with Gasteiger partial charge in [0, 0.05) is 17.7 Å². The van der Waals surface area contributed by atoms with Gasteiger partial charge in [0.2, 0.25) is 0 Å². The lowest BCUT2D eigenvalue weighted by Gasteiger charge is -2.08. The van der Waals surface area contributed by atoms with Gasteiger partial charge in [0.05, 0.1) is 0 Å². The fourth-order valence-corrected chi connectivity index (χ4v) is 2.11. The second-order valence-electron chi connectivity index (χ2n) is 5.37. The van der Waals surface area contributed by atoms with E-state index in [1.54, 1.807) is 36.4 Å². The Bertz CT molecular complexity index is 755. The molecule has 2 rings (SSSR count). The highest BCUT2D eigenvalue weighted by Crippen LogP contribution is 2.06. The van der Waals surface area contributed by atoms with Crippen molar-refractivity contribution in [2.45, 2.75) is 19.9 Å². The highest BCUT2D eigenvalue weighted by Gasteiger charge is 2.09. The number of hydrogen-bond donors (Lipinski definition) is 4. The Hall–Kier alpha value is -3.35. The second kappa shape index (κ2) is 8.49. The zero-order valence-electron chi connectivity index (χ0n) is 13.8. The topological polar surface area (TPSA) is 113 Å². The number of rotatable bonds is 5. The van der Waals surface area contributed by atoms with E-state index in [4.69, 9.17) is 5.73 Å². The van der Waals surface area contributed by atoms with Crippen LogP contribution in [0.5, 0.6) is 0 Å². The Labute approximate surface area is 145 Å². The van der Waals surface area contributed by atoms with Crippen molar-refractivity contribution in [2.75, 3.05) is 0 Å². The van der Waals surface area contributed by atoms with E-state index in [9.17, 15) is 14.4 Å². The maximum Gasteiger partial charge on any atom is 0.312 e. The van der Waals surface area contributed by atoms with E-state index in [-0.39, 0.29) is 6.54 Å². The largest absolute Gasteiger partial charge is 0.352 e. The Morgan fingerprint density at radius 3 is 1.64 bits per heavy atom. The third kappa shape index (κ3) is 5.35. The van der Waals surface area contributed by atoms with Gasteiger partial charge in [-0.15, -0.1) is 0 Å². The molecule has 0 atom stereocenters. The maximum atomic E-state index is 12.0. The summed E-state index contributed by atoms with van der Waals surface area (Å²) in [4.78, 5) is 34.7. The molecule has 0 aliphatic carbocycles. The number of carbonyl (C=O) groups is 3. The molecule has 0 radical (unpaired) electrons. The van der Waals surface area contributed by atoms with Gasteiger partial charge in [-0.05, 0) is 41.8 Å². The van der Waals surface area contributed by atoms with Crippen LogP contribution in [-0.4, -0.2) is 17.8 Å². The number of aryl methyl sites for hydroxylation is 1. The van der Waals surface area contributed by atoms with E-state index < -0.39 is 17.8 Å². The molecule has 0 heterocycles. The van der Waals surface area contributed by atoms with E-state index in [0.717, 1.165) is 17.5 Å². The number of urea groups is 1. The molecule has 7 heteroatoms. The third-order valence-corrected chi connectivity index (χ3v) is 3.60. The van der Waals surface area contributed by atoms with Gasteiger partial charge in [-0.25, -0.2) is 4.79 Å². The standard InChI is InChI=1S/C18H20N4O3/c1-2-12-3-7-14(8-4-12)16(23)21-22-17(24)15-9-5-13(6-10-15)11-20-18(19)25/h3-10H,2,11H2,1H3,(H,21,23)(H,22,24)(H3,19,20,25). The average molecular weight is 340 g/mol. The summed E-state index contributed by atoms with van der Waals surface area (Å²) in [5.74, 6) is -0.828.